The molecule has 0 unspecified atom stereocenters. The second-order valence-corrected chi connectivity index (χ2v) is 10.00. The number of nitrogens with one attached hydrogen (secondary N) is 1. The molecule has 0 spiro atoms. The summed E-state index contributed by atoms with van der Waals surface area (Å²) in [5.74, 6) is 0.279. The lowest BCUT2D eigenvalue weighted by Gasteiger charge is -2.32. The highest BCUT2D eigenvalue weighted by Crippen LogP contribution is 2.21. The quantitative estimate of drug-likeness (QED) is 0.821. The van der Waals surface area contributed by atoms with Crippen LogP contribution in [0.5, 0.6) is 0 Å². The van der Waals surface area contributed by atoms with E-state index in [0.29, 0.717) is 18.0 Å². The van der Waals surface area contributed by atoms with E-state index in [-0.39, 0.29) is 10.1 Å². The van der Waals surface area contributed by atoms with Crippen LogP contribution in [0, 0.1) is 5.92 Å². The summed E-state index contributed by atoms with van der Waals surface area (Å²) in [5, 5.41) is 4.56. The number of carbonyl (C=O) groups is 1. The van der Waals surface area contributed by atoms with Gasteiger partial charge >= 0.3 is 0 Å². The van der Waals surface area contributed by atoms with Gasteiger partial charge in [-0.15, -0.1) is 11.3 Å². The molecule has 0 atom stereocenters. The summed E-state index contributed by atoms with van der Waals surface area (Å²) in [6, 6.07) is 11.9. The Hall–Kier alpha value is -1.70. The van der Waals surface area contributed by atoms with E-state index in [1.54, 1.807) is 5.38 Å². The van der Waals surface area contributed by atoms with Gasteiger partial charge in [-0.1, -0.05) is 30.3 Å². The van der Waals surface area contributed by atoms with Gasteiger partial charge in [0.15, 0.2) is 9.84 Å². The van der Waals surface area contributed by atoms with E-state index in [9.17, 15) is 13.2 Å². The SMILES string of the molecule is CS(=O)(=O)c1cc(C(=O)NCC2CCN(Cc3ccccc3)CC2)cs1. The van der Waals surface area contributed by atoms with Crippen LogP contribution in [-0.4, -0.2) is 45.1 Å². The van der Waals surface area contributed by atoms with Crippen molar-refractivity contribution >= 4 is 27.1 Å². The summed E-state index contributed by atoms with van der Waals surface area (Å²) >= 11 is 1.09. The molecule has 1 aromatic carbocycles. The zero-order valence-electron chi connectivity index (χ0n) is 14.8. The smallest absolute Gasteiger partial charge is 0.252 e. The maximum absolute atomic E-state index is 12.2. The van der Waals surface area contributed by atoms with E-state index >= 15 is 0 Å². The summed E-state index contributed by atoms with van der Waals surface area (Å²) in [4.78, 5) is 14.7. The number of hydrogen-bond donors (Lipinski definition) is 1. The first-order valence-electron chi connectivity index (χ1n) is 8.75. The van der Waals surface area contributed by atoms with Crippen LogP contribution in [0.1, 0.15) is 28.8 Å². The number of hydrogen-bond acceptors (Lipinski definition) is 5. The lowest BCUT2D eigenvalue weighted by Crippen LogP contribution is -2.38. The Kier molecular flexibility index (Phi) is 6.11. The highest BCUT2D eigenvalue weighted by Gasteiger charge is 2.21. The predicted molar refractivity (Wildman–Crippen MR) is 104 cm³/mol. The van der Waals surface area contributed by atoms with Gasteiger partial charge < -0.3 is 5.32 Å². The first kappa shape index (κ1) is 19.1. The molecule has 140 valence electrons. The maximum Gasteiger partial charge on any atom is 0.252 e. The van der Waals surface area contributed by atoms with Crippen molar-refractivity contribution in [3.8, 4) is 0 Å². The minimum Gasteiger partial charge on any atom is -0.352 e. The van der Waals surface area contributed by atoms with Gasteiger partial charge in [0.05, 0.1) is 5.56 Å². The first-order chi connectivity index (χ1) is 12.4. The molecule has 26 heavy (non-hydrogen) atoms. The second kappa shape index (κ2) is 8.33. The molecule has 1 amide bonds. The van der Waals surface area contributed by atoms with Crippen LogP contribution in [0.3, 0.4) is 0 Å². The monoisotopic (exact) mass is 392 g/mol. The predicted octanol–water partition coefficient (Wildman–Crippen LogP) is 2.79. The molecule has 0 saturated carbocycles. The highest BCUT2D eigenvalue weighted by molar-refractivity contribution is 7.92. The summed E-state index contributed by atoms with van der Waals surface area (Å²) in [5.41, 5.74) is 1.76. The Bertz CT molecular complexity index is 839. The number of piperidine rings is 1. The van der Waals surface area contributed by atoms with Gasteiger partial charge in [0.25, 0.3) is 5.91 Å². The number of benzene rings is 1. The van der Waals surface area contributed by atoms with Gasteiger partial charge in [0.2, 0.25) is 0 Å². The van der Waals surface area contributed by atoms with Crippen molar-refractivity contribution in [2.75, 3.05) is 25.9 Å². The molecule has 0 bridgehead atoms. The fourth-order valence-corrected chi connectivity index (χ4v) is 4.96. The Labute approximate surface area is 159 Å². The number of sulfone groups is 1. The van der Waals surface area contributed by atoms with Crippen molar-refractivity contribution in [3.05, 3.63) is 52.9 Å². The molecule has 1 saturated heterocycles. The molecule has 1 aliphatic rings. The van der Waals surface area contributed by atoms with Crippen LogP contribution >= 0.6 is 11.3 Å². The van der Waals surface area contributed by atoms with Gasteiger partial charge in [-0.2, -0.15) is 0 Å². The topological polar surface area (TPSA) is 66.5 Å². The second-order valence-electron chi connectivity index (χ2n) is 6.84. The van der Waals surface area contributed by atoms with E-state index in [1.807, 2.05) is 6.07 Å². The fraction of sp³-hybridized carbons (Fsp3) is 0.421. The van der Waals surface area contributed by atoms with Crippen LogP contribution in [0.4, 0.5) is 0 Å². The third kappa shape index (κ3) is 5.16. The van der Waals surface area contributed by atoms with Crippen LogP contribution in [-0.2, 0) is 16.4 Å². The molecule has 2 heterocycles. The van der Waals surface area contributed by atoms with Crippen molar-refractivity contribution in [1.82, 2.24) is 10.2 Å². The van der Waals surface area contributed by atoms with E-state index in [4.69, 9.17) is 0 Å². The van der Waals surface area contributed by atoms with E-state index in [1.165, 1.54) is 11.6 Å². The molecule has 1 aliphatic heterocycles. The molecule has 2 aromatic rings. The zero-order chi connectivity index (χ0) is 18.6. The Morgan fingerprint density at radius 3 is 2.54 bits per heavy atom. The summed E-state index contributed by atoms with van der Waals surface area (Å²) in [6.07, 6.45) is 3.28. The van der Waals surface area contributed by atoms with Crippen molar-refractivity contribution in [2.45, 2.75) is 23.6 Å². The van der Waals surface area contributed by atoms with E-state index < -0.39 is 9.84 Å². The van der Waals surface area contributed by atoms with E-state index in [0.717, 1.165) is 50.1 Å². The summed E-state index contributed by atoms with van der Waals surface area (Å²) in [6.45, 7) is 3.68. The normalized spacial score (nSPS) is 16.5. The zero-order valence-corrected chi connectivity index (χ0v) is 16.5. The Morgan fingerprint density at radius 2 is 1.92 bits per heavy atom. The van der Waals surface area contributed by atoms with Crippen molar-refractivity contribution in [2.24, 2.45) is 5.92 Å². The van der Waals surface area contributed by atoms with Gasteiger partial charge in [-0.05, 0) is 43.5 Å². The number of nitrogens with zero attached hydrogens (tertiary/aromatic N) is 1. The number of thiophene rings is 1. The molecule has 3 rings (SSSR count). The van der Waals surface area contributed by atoms with Crippen LogP contribution in [0.15, 0.2) is 46.0 Å². The summed E-state index contributed by atoms with van der Waals surface area (Å²) < 4.78 is 23.3. The number of rotatable bonds is 6. The molecule has 0 aliphatic carbocycles. The third-order valence-electron chi connectivity index (χ3n) is 4.71. The third-order valence-corrected chi connectivity index (χ3v) is 7.48. The molecule has 0 radical (unpaired) electrons. The average molecular weight is 393 g/mol. The lowest BCUT2D eigenvalue weighted by atomic mass is 9.96. The largest absolute Gasteiger partial charge is 0.352 e. The van der Waals surface area contributed by atoms with Gasteiger partial charge in [-0.3, -0.25) is 9.69 Å². The first-order valence-corrected chi connectivity index (χ1v) is 11.5. The molecule has 1 fully saturated rings. The van der Waals surface area contributed by atoms with Crippen molar-refractivity contribution < 1.29 is 13.2 Å². The molecule has 1 aromatic heterocycles. The number of carbonyl (C=O) groups excluding carboxylic acids is 1. The van der Waals surface area contributed by atoms with E-state index in [2.05, 4.69) is 34.5 Å². The maximum atomic E-state index is 12.2. The number of amides is 1. The Balaban J connectivity index is 1.43. The van der Waals surface area contributed by atoms with Crippen molar-refractivity contribution in [3.63, 3.8) is 0 Å². The molecular formula is C19H24N2O3S2. The average Bonchev–Trinajstić information content (AvgIpc) is 3.12. The van der Waals surface area contributed by atoms with Gasteiger partial charge in [0, 0.05) is 24.7 Å². The number of likely N-dealkylation sites (tertiary alicyclic amines) is 1. The van der Waals surface area contributed by atoms with Crippen LogP contribution in [0.2, 0.25) is 0 Å². The minimum absolute atomic E-state index is 0.192. The van der Waals surface area contributed by atoms with Crippen molar-refractivity contribution in [1.29, 1.82) is 0 Å². The van der Waals surface area contributed by atoms with Crippen LogP contribution in [0.25, 0.3) is 0 Å². The molecule has 7 heteroatoms. The molecule has 5 nitrogen and oxygen atoms in total. The standard InChI is InChI=1S/C19H24N2O3S2/c1-26(23,24)18-11-17(14-25-18)19(22)20-12-15-7-9-21(10-8-15)13-16-5-3-2-4-6-16/h2-6,11,14-15H,7-10,12-13H2,1H3,(H,20,22). The molecule has 1 N–H and O–H groups in total. The minimum atomic E-state index is -3.25. The lowest BCUT2D eigenvalue weighted by molar-refractivity contribution is 0.0935. The van der Waals surface area contributed by atoms with Crippen LogP contribution < -0.4 is 5.32 Å². The van der Waals surface area contributed by atoms with Gasteiger partial charge in [-0.25, -0.2) is 8.42 Å². The summed E-state index contributed by atoms with van der Waals surface area (Å²) in [7, 11) is -3.25. The highest BCUT2D eigenvalue weighted by atomic mass is 32.2. The van der Waals surface area contributed by atoms with Gasteiger partial charge in [0.1, 0.15) is 4.21 Å². The Morgan fingerprint density at radius 1 is 1.23 bits per heavy atom. The molecular weight excluding hydrogens is 368 g/mol. The fourth-order valence-electron chi connectivity index (χ4n) is 3.16.